The number of quaternary nitrogens is 1. The highest BCUT2D eigenvalue weighted by Crippen LogP contribution is 2.19. The minimum absolute atomic E-state index is 0.0430. The molecule has 2 N–H and O–H groups in total. The molecule has 0 aromatic heterocycles. The second-order valence-corrected chi connectivity index (χ2v) is 6.67. The molecule has 0 saturated heterocycles. The van der Waals surface area contributed by atoms with Crippen LogP contribution < -0.4 is 10.2 Å². The number of amides is 2. The molecule has 8 heteroatoms. The Labute approximate surface area is 161 Å². The Morgan fingerprint density at radius 2 is 1.68 bits per heavy atom. The van der Waals surface area contributed by atoms with Crippen molar-refractivity contribution in [3.8, 4) is 0 Å². The Kier molecular flexibility index (Phi) is 7.17. The third-order valence-corrected chi connectivity index (χ3v) is 4.48. The summed E-state index contributed by atoms with van der Waals surface area (Å²) in [5.74, 6) is -5.22. The van der Waals surface area contributed by atoms with Crippen LogP contribution in [-0.2, 0) is 9.59 Å². The van der Waals surface area contributed by atoms with Crippen molar-refractivity contribution in [2.24, 2.45) is 0 Å². The van der Waals surface area contributed by atoms with Crippen molar-refractivity contribution in [2.75, 3.05) is 32.5 Å². The van der Waals surface area contributed by atoms with Gasteiger partial charge in [0.25, 0.3) is 11.8 Å². The zero-order valence-corrected chi connectivity index (χ0v) is 15.9. The molecule has 2 aromatic rings. The minimum atomic E-state index is -1.65. The number of benzene rings is 2. The number of rotatable bonds is 7. The van der Waals surface area contributed by atoms with Crippen LogP contribution in [0.15, 0.2) is 42.5 Å². The normalized spacial score (nSPS) is 12.9. The first kappa shape index (κ1) is 21.4. The van der Waals surface area contributed by atoms with Crippen molar-refractivity contribution in [3.63, 3.8) is 0 Å². The summed E-state index contributed by atoms with van der Waals surface area (Å²) in [6.45, 7) is 1.81. The molecule has 2 atom stereocenters. The number of halogens is 3. The van der Waals surface area contributed by atoms with E-state index in [4.69, 9.17) is 0 Å². The average molecular weight is 394 g/mol. The lowest BCUT2D eigenvalue weighted by Crippen LogP contribution is -3.11. The minimum Gasteiger partial charge on any atom is -0.334 e. The van der Waals surface area contributed by atoms with Gasteiger partial charge in [0, 0.05) is 7.05 Å². The van der Waals surface area contributed by atoms with Gasteiger partial charge in [0.15, 0.2) is 30.5 Å². The number of nitrogens with zero attached hydrogens (tertiary/aromatic N) is 1. The van der Waals surface area contributed by atoms with Crippen molar-refractivity contribution in [3.05, 3.63) is 65.5 Å². The van der Waals surface area contributed by atoms with Crippen LogP contribution in [0.4, 0.5) is 18.9 Å². The molecular weight excluding hydrogens is 371 g/mol. The lowest BCUT2D eigenvalue weighted by molar-refractivity contribution is -0.862. The van der Waals surface area contributed by atoms with Crippen LogP contribution in [0.5, 0.6) is 0 Å². The topological polar surface area (TPSA) is 53.9 Å². The van der Waals surface area contributed by atoms with Gasteiger partial charge in [-0.15, -0.1) is 0 Å². The molecule has 2 rings (SSSR count). The monoisotopic (exact) mass is 394 g/mol. The number of hydrogen-bond acceptors (Lipinski definition) is 2. The quantitative estimate of drug-likeness (QED) is 0.704. The van der Waals surface area contributed by atoms with E-state index in [0.717, 1.165) is 17.7 Å². The highest BCUT2D eigenvalue weighted by molar-refractivity contribution is 5.91. The lowest BCUT2D eigenvalue weighted by atomic mass is 10.1. The van der Waals surface area contributed by atoms with Crippen LogP contribution >= 0.6 is 0 Å². The highest BCUT2D eigenvalue weighted by Gasteiger charge is 2.22. The molecule has 0 fully saturated rings. The zero-order chi connectivity index (χ0) is 20.8. The summed E-state index contributed by atoms with van der Waals surface area (Å²) >= 11 is 0. The smallest absolute Gasteiger partial charge is 0.279 e. The van der Waals surface area contributed by atoms with Crippen molar-refractivity contribution in [1.29, 1.82) is 0 Å². The molecule has 0 saturated carbocycles. The van der Waals surface area contributed by atoms with Gasteiger partial charge in [-0.1, -0.05) is 30.3 Å². The predicted molar refractivity (Wildman–Crippen MR) is 99.2 cm³/mol. The number of anilines is 1. The van der Waals surface area contributed by atoms with Crippen LogP contribution in [0, 0.1) is 17.5 Å². The van der Waals surface area contributed by atoms with Crippen LogP contribution in [-0.4, -0.2) is 43.9 Å². The Balaban J connectivity index is 1.90. The molecule has 5 nitrogen and oxygen atoms in total. The Bertz CT molecular complexity index is 846. The van der Waals surface area contributed by atoms with Crippen molar-refractivity contribution in [1.82, 2.24) is 4.90 Å². The van der Waals surface area contributed by atoms with E-state index in [1.165, 1.54) is 0 Å². The summed E-state index contributed by atoms with van der Waals surface area (Å²) in [7, 11) is 3.32. The molecule has 150 valence electrons. The van der Waals surface area contributed by atoms with Crippen LogP contribution in [0.1, 0.15) is 18.5 Å². The maximum atomic E-state index is 13.6. The lowest BCUT2D eigenvalue weighted by Gasteiger charge is -2.26. The number of hydrogen-bond donors (Lipinski definition) is 2. The molecule has 1 unspecified atom stereocenters. The second kappa shape index (κ2) is 9.36. The third-order valence-electron chi connectivity index (χ3n) is 4.48. The summed E-state index contributed by atoms with van der Waals surface area (Å²) in [5, 5.41) is 2.19. The highest BCUT2D eigenvalue weighted by atomic mass is 19.2. The number of carbonyl (C=O) groups is 2. The van der Waals surface area contributed by atoms with E-state index >= 15 is 0 Å². The van der Waals surface area contributed by atoms with E-state index in [-0.39, 0.29) is 25.0 Å². The number of carbonyl (C=O) groups excluding carboxylic acids is 2. The summed E-state index contributed by atoms with van der Waals surface area (Å²) < 4.78 is 39.8. The zero-order valence-electron chi connectivity index (χ0n) is 15.9. The SMILES string of the molecule is C[C@H](c1ccccc1)N(C)C(=O)C[NH+](C)CC(=O)Nc1ccc(F)c(F)c1F. The molecule has 0 aliphatic rings. The van der Waals surface area contributed by atoms with Gasteiger partial charge in [-0.05, 0) is 24.6 Å². The van der Waals surface area contributed by atoms with Crippen LogP contribution in [0.3, 0.4) is 0 Å². The molecule has 0 heterocycles. The van der Waals surface area contributed by atoms with Gasteiger partial charge in [-0.25, -0.2) is 13.2 Å². The van der Waals surface area contributed by atoms with Gasteiger partial charge in [0.2, 0.25) is 0 Å². The number of likely N-dealkylation sites (N-methyl/N-ethyl adjacent to an activating group) is 2. The molecule has 0 aliphatic heterocycles. The average Bonchev–Trinajstić information content (AvgIpc) is 2.67. The largest absolute Gasteiger partial charge is 0.334 e. The van der Waals surface area contributed by atoms with Gasteiger partial charge in [0.05, 0.1) is 18.8 Å². The molecular formula is C20H23F3N3O2+. The first-order chi connectivity index (χ1) is 13.2. The van der Waals surface area contributed by atoms with Gasteiger partial charge in [-0.2, -0.15) is 0 Å². The van der Waals surface area contributed by atoms with Gasteiger partial charge < -0.3 is 15.1 Å². The molecule has 0 spiro atoms. The van der Waals surface area contributed by atoms with E-state index in [1.54, 1.807) is 19.0 Å². The fourth-order valence-corrected chi connectivity index (χ4v) is 2.71. The molecule has 2 amide bonds. The van der Waals surface area contributed by atoms with Crippen LogP contribution in [0.2, 0.25) is 0 Å². The van der Waals surface area contributed by atoms with E-state index in [9.17, 15) is 22.8 Å². The van der Waals surface area contributed by atoms with E-state index in [1.807, 2.05) is 37.3 Å². The summed E-state index contributed by atoms with van der Waals surface area (Å²) in [4.78, 5) is 26.7. The van der Waals surface area contributed by atoms with Gasteiger partial charge in [-0.3, -0.25) is 9.59 Å². The molecule has 0 aliphatic carbocycles. The first-order valence-corrected chi connectivity index (χ1v) is 8.76. The Morgan fingerprint density at radius 3 is 2.32 bits per heavy atom. The van der Waals surface area contributed by atoms with Crippen molar-refractivity contribution in [2.45, 2.75) is 13.0 Å². The fraction of sp³-hybridized carbons (Fsp3) is 0.300. The molecule has 0 bridgehead atoms. The molecule has 2 aromatic carbocycles. The summed E-state index contributed by atoms with van der Waals surface area (Å²) in [5.41, 5.74) is 0.542. The fourth-order valence-electron chi connectivity index (χ4n) is 2.71. The standard InChI is InChI=1S/C20H22F3N3O2/c1-13(14-7-5-4-6-8-14)26(3)18(28)12-25(2)11-17(27)24-16-10-9-15(21)19(22)20(16)23/h4-10,13H,11-12H2,1-3H3,(H,24,27)/p+1/t13-/m1/s1. The molecule has 0 radical (unpaired) electrons. The van der Waals surface area contributed by atoms with Gasteiger partial charge in [0.1, 0.15) is 0 Å². The molecule has 28 heavy (non-hydrogen) atoms. The van der Waals surface area contributed by atoms with E-state index < -0.39 is 29.0 Å². The number of nitrogens with one attached hydrogen (secondary N) is 2. The predicted octanol–water partition coefficient (Wildman–Crippen LogP) is 1.78. The Morgan fingerprint density at radius 1 is 1.04 bits per heavy atom. The van der Waals surface area contributed by atoms with E-state index in [2.05, 4.69) is 5.32 Å². The maximum Gasteiger partial charge on any atom is 0.279 e. The summed E-state index contributed by atoms with van der Waals surface area (Å²) in [6, 6.07) is 11.1. The maximum absolute atomic E-state index is 13.6. The second-order valence-electron chi connectivity index (χ2n) is 6.67. The first-order valence-electron chi connectivity index (χ1n) is 8.76. The van der Waals surface area contributed by atoms with Crippen molar-refractivity contribution < 1.29 is 27.7 Å². The third kappa shape index (κ3) is 5.32. The van der Waals surface area contributed by atoms with Crippen molar-refractivity contribution >= 4 is 17.5 Å². The van der Waals surface area contributed by atoms with E-state index in [0.29, 0.717) is 4.90 Å². The Hall–Kier alpha value is -2.87. The summed E-state index contributed by atoms with van der Waals surface area (Å²) in [6.07, 6.45) is 0. The van der Waals surface area contributed by atoms with Gasteiger partial charge >= 0.3 is 0 Å². The van der Waals surface area contributed by atoms with Crippen LogP contribution in [0.25, 0.3) is 0 Å².